The van der Waals surface area contributed by atoms with Gasteiger partial charge in [0.25, 0.3) is 0 Å². The van der Waals surface area contributed by atoms with Gasteiger partial charge in [-0.25, -0.2) is 18.6 Å². The van der Waals surface area contributed by atoms with Crippen molar-refractivity contribution in [1.29, 1.82) is 0 Å². The molecule has 3 atom stereocenters. The van der Waals surface area contributed by atoms with Crippen LogP contribution in [0.5, 0.6) is 11.8 Å². The molecule has 59 heavy (non-hydrogen) atoms. The highest BCUT2D eigenvalue weighted by Gasteiger charge is 2.50. The van der Waals surface area contributed by atoms with Gasteiger partial charge in [-0.2, -0.15) is 9.97 Å². The van der Waals surface area contributed by atoms with Crippen molar-refractivity contribution in [2.45, 2.75) is 76.8 Å². The number of carbonyl (C=O) groups excluding carboxylic acids is 2. The lowest BCUT2D eigenvalue weighted by atomic mass is 9.88. The Balaban J connectivity index is 1.19. The van der Waals surface area contributed by atoms with Gasteiger partial charge in [0.2, 0.25) is 6.29 Å². The fourth-order valence-electron chi connectivity index (χ4n) is 8.80. The number of halogens is 3. The van der Waals surface area contributed by atoms with E-state index in [0.29, 0.717) is 11.8 Å². The summed E-state index contributed by atoms with van der Waals surface area (Å²) in [5.74, 6) is 0.181. The summed E-state index contributed by atoms with van der Waals surface area (Å²) < 4.78 is 60.1. The van der Waals surface area contributed by atoms with Gasteiger partial charge in [0.15, 0.2) is 12.6 Å². The quantitative estimate of drug-likeness (QED) is 0.0537. The first-order valence-corrected chi connectivity index (χ1v) is 20.9. The zero-order valence-corrected chi connectivity index (χ0v) is 34.1. The lowest BCUT2D eigenvalue weighted by Crippen LogP contribution is -2.70. The first-order chi connectivity index (χ1) is 28.3. The van der Waals surface area contributed by atoms with Crippen LogP contribution in [0.4, 0.5) is 19.4 Å². The van der Waals surface area contributed by atoms with Gasteiger partial charge in [-0.1, -0.05) is 37.4 Å². The molecule has 2 aromatic carbocycles. The number of piperazine rings is 1. The molecule has 3 unspecified atom stereocenters. The van der Waals surface area contributed by atoms with Crippen LogP contribution in [0.1, 0.15) is 58.4 Å². The fraction of sp³-hybridized carbons (Fsp3) is 0.475. The number of benzene rings is 2. The minimum absolute atomic E-state index is 0.0252. The molecule has 5 aliphatic heterocycles. The standard InChI is InChI=1S/C40H42ClF2N6O9P/c1-5-27-29(42)9-8-23-14-26(55-20-56-59(52)53)16-28(30(23)27)33-32(43)34-31(35(41)44-33)36(46-38(45-34)54-19-40-10-6-12-48(40)13-7-11-40)47-17-24-15-25(18-47)49(24)39(51)58-22(4)57-37(50)21(2)3/h1,8-9,14,16,21-22,24-25,52-53H,6-7,10-13,15,17-20H2,2-4H3. The molecule has 0 saturated carbocycles. The largest absolute Gasteiger partial charge is 0.467 e. The van der Waals surface area contributed by atoms with Crippen molar-refractivity contribution >= 4 is 59.8 Å². The third kappa shape index (κ3) is 7.78. The molecule has 312 valence electrons. The molecule has 4 aromatic rings. The number of terminal acetylenes is 1. The molecule has 19 heteroatoms. The van der Waals surface area contributed by atoms with Crippen LogP contribution in [-0.4, -0.2) is 110 Å². The molecule has 9 rings (SSSR count). The summed E-state index contributed by atoms with van der Waals surface area (Å²) in [4.78, 5) is 63.6. The number of rotatable bonds is 12. The Kier molecular flexibility index (Phi) is 11.4. The van der Waals surface area contributed by atoms with Crippen molar-refractivity contribution in [3.63, 3.8) is 0 Å². The fourth-order valence-corrected chi connectivity index (χ4v) is 9.20. The van der Waals surface area contributed by atoms with Crippen LogP contribution < -0.4 is 14.4 Å². The molecular formula is C40H42ClF2N6O9P. The van der Waals surface area contributed by atoms with E-state index in [1.54, 1.807) is 18.7 Å². The lowest BCUT2D eigenvalue weighted by Gasteiger charge is -2.55. The molecule has 7 heterocycles. The minimum Gasteiger partial charge on any atom is -0.467 e. The van der Waals surface area contributed by atoms with E-state index in [2.05, 4.69) is 20.8 Å². The molecule has 2 bridgehead atoms. The van der Waals surface area contributed by atoms with Crippen LogP contribution in [0.2, 0.25) is 5.15 Å². The highest BCUT2D eigenvalue weighted by molar-refractivity contribution is 7.39. The number of nitrogens with zero attached hydrogens (tertiary/aromatic N) is 6. The van der Waals surface area contributed by atoms with E-state index < -0.39 is 51.3 Å². The lowest BCUT2D eigenvalue weighted by molar-refractivity contribution is -0.171. The number of esters is 1. The van der Waals surface area contributed by atoms with Gasteiger partial charge in [-0.05, 0) is 68.8 Å². The molecular weight excluding hydrogens is 813 g/mol. The van der Waals surface area contributed by atoms with Gasteiger partial charge >= 0.3 is 26.7 Å². The van der Waals surface area contributed by atoms with Gasteiger partial charge in [0.1, 0.15) is 40.4 Å². The first kappa shape index (κ1) is 41.1. The minimum atomic E-state index is -2.73. The van der Waals surface area contributed by atoms with E-state index in [1.165, 1.54) is 31.2 Å². The summed E-state index contributed by atoms with van der Waals surface area (Å²) in [6.07, 6.45) is 8.70. The highest BCUT2D eigenvalue weighted by Crippen LogP contribution is 2.44. The van der Waals surface area contributed by atoms with Crippen molar-refractivity contribution in [2.75, 3.05) is 44.5 Å². The van der Waals surface area contributed by atoms with Crippen LogP contribution in [0.15, 0.2) is 24.3 Å². The number of piperidine rings is 1. The summed E-state index contributed by atoms with van der Waals surface area (Å²) in [6, 6.07) is 4.79. The maximum absolute atomic E-state index is 17.4. The molecule has 0 spiro atoms. The van der Waals surface area contributed by atoms with Gasteiger partial charge in [-0.15, -0.1) is 6.42 Å². The predicted molar refractivity (Wildman–Crippen MR) is 212 cm³/mol. The molecule has 15 nitrogen and oxygen atoms in total. The van der Waals surface area contributed by atoms with Gasteiger partial charge in [0.05, 0.1) is 34.5 Å². The second kappa shape index (κ2) is 16.4. The van der Waals surface area contributed by atoms with Crippen molar-refractivity contribution in [2.24, 2.45) is 5.92 Å². The van der Waals surface area contributed by atoms with E-state index >= 15 is 8.78 Å². The Labute approximate surface area is 344 Å². The molecule has 2 N–H and O–H groups in total. The van der Waals surface area contributed by atoms with Gasteiger partial charge < -0.3 is 33.6 Å². The van der Waals surface area contributed by atoms with E-state index in [4.69, 9.17) is 46.5 Å². The Morgan fingerprint density at radius 1 is 1.03 bits per heavy atom. The summed E-state index contributed by atoms with van der Waals surface area (Å²) in [7, 11) is -2.73. The van der Waals surface area contributed by atoms with Crippen molar-refractivity contribution in [1.82, 2.24) is 24.8 Å². The van der Waals surface area contributed by atoms with Crippen molar-refractivity contribution in [3.05, 3.63) is 46.6 Å². The van der Waals surface area contributed by atoms with Crippen molar-refractivity contribution < 1.29 is 51.6 Å². The smallest absolute Gasteiger partial charge is 0.413 e. The van der Waals surface area contributed by atoms with Crippen LogP contribution in [-0.2, 0) is 18.8 Å². The number of fused-ring (bicyclic) bond motifs is 5. The molecule has 0 radical (unpaired) electrons. The molecule has 5 fully saturated rings. The normalized spacial score (nSPS) is 20.2. The number of ether oxygens (including phenoxy) is 4. The zero-order valence-electron chi connectivity index (χ0n) is 32.5. The number of hydrogen-bond acceptors (Lipinski definition) is 14. The summed E-state index contributed by atoms with van der Waals surface area (Å²) in [5.41, 5.74) is -0.840. The summed E-state index contributed by atoms with van der Waals surface area (Å²) in [6.45, 7) is 7.05. The third-order valence-corrected chi connectivity index (χ3v) is 12.1. The van der Waals surface area contributed by atoms with E-state index in [9.17, 15) is 19.4 Å². The molecule has 5 saturated heterocycles. The Bertz CT molecular complexity index is 2350. The van der Waals surface area contributed by atoms with Crippen LogP contribution >= 0.6 is 20.2 Å². The maximum atomic E-state index is 17.4. The second-order valence-corrected chi connectivity index (χ2v) is 16.6. The van der Waals surface area contributed by atoms with Gasteiger partial charge in [0, 0.05) is 31.0 Å². The monoisotopic (exact) mass is 854 g/mol. The number of aromatic nitrogens is 3. The Morgan fingerprint density at radius 2 is 1.76 bits per heavy atom. The molecule has 2 aromatic heterocycles. The Hall–Kier alpha value is -4.69. The molecule has 0 aliphatic carbocycles. The van der Waals surface area contributed by atoms with Crippen LogP contribution in [0, 0.1) is 29.9 Å². The van der Waals surface area contributed by atoms with Crippen LogP contribution in [0.3, 0.4) is 0 Å². The first-order valence-electron chi connectivity index (χ1n) is 19.3. The van der Waals surface area contributed by atoms with Crippen molar-refractivity contribution in [3.8, 4) is 35.4 Å². The number of carbonyl (C=O) groups is 2. The average Bonchev–Trinajstić information content (AvgIpc) is 3.78. The van der Waals surface area contributed by atoms with E-state index in [-0.39, 0.29) is 93.2 Å². The zero-order chi connectivity index (χ0) is 41.7. The topological polar surface area (TPSA) is 169 Å². The van der Waals surface area contributed by atoms with E-state index in [1.807, 2.05) is 4.90 Å². The number of amides is 1. The maximum Gasteiger partial charge on any atom is 0.413 e. The second-order valence-electron chi connectivity index (χ2n) is 15.5. The van der Waals surface area contributed by atoms with Gasteiger partial charge in [-0.3, -0.25) is 19.1 Å². The predicted octanol–water partition coefficient (Wildman–Crippen LogP) is 6.27. The highest BCUT2D eigenvalue weighted by atomic mass is 35.5. The average molecular weight is 855 g/mol. The van der Waals surface area contributed by atoms with E-state index in [0.717, 1.165) is 38.8 Å². The summed E-state index contributed by atoms with van der Waals surface area (Å²) in [5, 5.41) is 0.447. The van der Waals surface area contributed by atoms with Crippen LogP contribution in [0.25, 0.3) is 32.9 Å². The SMILES string of the molecule is C#Cc1c(F)ccc2cc(OCOP(O)O)cc(-c3nc(Cl)c4c(N5CC6CC(C5)N6C(=O)OC(C)OC(=O)C(C)C)nc(OCC56CCCN5CCC6)nc4c3F)c12. The third-order valence-electron chi connectivity index (χ3n) is 11.5. The number of pyridine rings is 1. The summed E-state index contributed by atoms with van der Waals surface area (Å²) >= 11 is 7.00. The molecule has 1 amide bonds. The molecule has 5 aliphatic rings. The number of anilines is 1. The number of hydrogen-bond donors (Lipinski definition) is 2. The Morgan fingerprint density at radius 3 is 2.44 bits per heavy atom.